The molecule has 3 atom stereocenters. The van der Waals surface area contributed by atoms with Crippen molar-refractivity contribution < 1.29 is 27.2 Å². The summed E-state index contributed by atoms with van der Waals surface area (Å²) in [6.07, 6.45) is 3.08. The predicted octanol–water partition coefficient (Wildman–Crippen LogP) is 4.46. The second-order valence-electron chi connectivity index (χ2n) is 10.8. The van der Waals surface area contributed by atoms with Gasteiger partial charge in [-0.2, -0.15) is 4.31 Å². The molecule has 9 nitrogen and oxygen atoms in total. The molecule has 0 saturated carbocycles. The molecule has 0 N–H and O–H groups in total. The monoisotopic (exact) mass is 512 g/mol. The Hall–Kier alpha value is -1.63. The molecule has 3 rings (SSSR count). The quantitative estimate of drug-likeness (QED) is 0.230. The minimum Gasteiger partial charge on any atom is -0.414 e. The highest BCUT2D eigenvalue weighted by molar-refractivity contribution is 7.89. The lowest BCUT2D eigenvalue weighted by molar-refractivity contribution is -0.387. The maximum absolute atomic E-state index is 13.7. The highest BCUT2D eigenvalue weighted by Crippen LogP contribution is 2.40. The maximum atomic E-state index is 13.7. The summed E-state index contributed by atoms with van der Waals surface area (Å²) >= 11 is 0. The highest BCUT2D eigenvalue weighted by Gasteiger charge is 2.50. The zero-order chi connectivity index (χ0) is 25.5. The fourth-order valence-electron chi connectivity index (χ4n) is 3.98. The molecule has 0 aliphatic carbocycles. The molecule has 0 radical (unpaired) electrons. The Morgan fingerprint density at radius 3 is 2.50 bits per heavy atom. The lowest BCUT2D eigenvalue weighted by atomic mass is 10.0. The summed E-state index contributed by atoms with van der Waals surface area (Å²) in [5.74, 6) is -0.925. The number of hydrogen-bond donors (Lipinski definition) is 0. The van der Waals surface area contributed by atoms with Crippen LogP contribution in [0.5, 0.6) is 0 Å². The average molecular weight is 513 g/mol. The molecule has 1 saturated heterocycles. The van der Waals surface area contributed by atoms with Crippen molar-refractivity contribution >= 4 is 24.0 Å². The van der Waals surface area contributed by atoms with Gasteiger partial charge < -0.3 is 13.9 Å². The number of hydrogen-bond acceptors (Lipinski definition) is 7. The predicted molar refractivity (Wildman–Crippen MR) is 132 cm³/mol. The molecule has 0 bridgehead atoms. The fourth-order valence-corrected chi connectivity index (χ4v) is 6.76. The molecule has 2 aliphatic rings. The van der Waals surface area contributed by atoms with Gasteiger partial charge >= 0.3 is 0 Å². The van der Waals surface area contributed by atoms with Gasteiger partial charge in [0.15, 0.2) is 19.0 Å². The Morgan fingerprint density at radius 1 is 1.24 bits per heavy atom. The number of nitrogens with zero attached hydrogens (tertiary/aromatic N) is 2. The van der Waals surface area contributed by atoms with Crippen molar-refractivity contribution in [2.45, 2.75) is 88.1 Å². The standard InChI is InChI=1S/C23H36N2O7SSi/c1-22(2,3)34(6,7)30-16-19-21(32-23(4,5)31-19)18-13-10-11-15-24(18)33(28,29)20-14-9-8-12-17(20)25(26)27/h8-10,12-14,18-19,21H,11,15-16H2,1-7H3/t18-,19-,21-/m0/s1. The van der Waals surface area contributed by atoms with E-state index in [4.69, 9.17) is 13.9 Å². The van der Waals surface area contributed by atoms with Gasteiger partial charge in [0.2, 0.25) is 0 Å². The van der Waals surface area contributed by atoms with Crippen LogP contribution in [0.4, 0.5) is 5.69 Å². The summed E-state index contributed by atoms with van der Waals surface area (Å²) in [6.45, 7) is 14.8. The highest BCUT2D eigenvalue weighted by atomic mass is 32.2. The van der Waals surface area contributed by atoms with Crippen molar-refractivity contribution in [2.75, 3.05) is 13.2 Å². The van der Waals surface area contributed by atoms with Crippen LogP contribution in [0.15, 0.2) is 41.3 Å². The Labute approximate surface area is 203 Å². The van der Waals surface area contributed by atoms with Crippen molar-refractivity contribution in [1.29, 1.82) is 0 Å². The normalized spacial score (nSPS) is 26.0. The summed E-state index contributed by atoms with van der Waals surface area (Å²) in [7, 11) is -6.26. The number of rotatable bonds is 7. The van der Waals surface area contributed by atoms with Gasteiger partial charge in [-0.05, 0) is 44.5 Å². The summed E-state index contributed by atoms with van der Waals surface area (Å²) in [6, 6.07) is 4.73. The number of nitro benzene ring substituents is 1. The zero-order valence-corrected chi connectivity index (χ0v) is 22.8. The first-order valence-electron chi connectivity index (χ1n) is 11.5. The number of benzene rings is 1. The molecule has 11 heteroatoms. The summed E-state index contributed by atoms with van der Waals surface area (Å²) in [4.78, 5) is 10.5. The Kier molecular flexibility index (Phi) is 7.48. The smallest absolute Gasteiger partial charge is 0.289 e. The first kappa shape index (κ1) is 27.0. The molecule has 1 aromatic carbocycles. The van der Waals surface area contributed by atoms with Crippen LogP contribution >= 0.6 is 0 Å². The lowest BCUT2D eigenvalue weighted by Crippen LogP contribution is -2.52. The van der Waals surface area contributed by atoms with E-state index in [9.17, 15) is 18.5 Å². The summed E-state index contributed by atoms with van der Waals surface area (Å²) in [5.41, 5.74) is -0.447. The van der Waals surface area contributed by atoms with Crippen LogP contribution in [-0.4, -0.2) is 63.2 Å². The molecule has 0 amide bonds. The largest absolute Gasteiger partial charge is 0.414 e. The van der Waals surface area contributed by atoms with E-state index in [1.165, 1.54) is 28.6 Å². The van der Waals surface area contributed by atoms with E-state index in [0.717, 1.165) is 0 Å². The van der Waals surface area contributed by atoms with Crippen LogP contribution < -0.4 is 0 Å². The number of nitro groups is 1. The van der Waals surface area contributed by atoms with Crippen LogP contribution in [0, 0.1) is 10.1 Å². The number of ether oxygens (including phenoxy) is 2. The Morgan fingerprint density at radius 2 is 1.88 bits per heavy atom. The molecule has 1 fully saturated rings. The van der Waals surface area contributed by atoms with Gasteiger partial charge in [0, 0.05) is 12.6 Å². The molecule has 0 unspecified atom stereocenters. The van der Waals surface area contributed by atoms with E-state index in [2.05, 4.69) is 33.9 Å². The van der Waals surface area contributed by atoms with E-state index in [1.54, 1.807) is 19.9 Å². The average Bonchev–Trinajstić information content (AvgIpc) is 3.06. The van der Waals surface area contributed by atoms with Gasteiger partial charge in [0.1, 0.15) is 12.2 Å². The molecule has 1 aromatic rings. The van der Waals surface area contributed by atoms with Crippen molar-refractivity contribution in [3.8, 4) is 0 Å². The third kappa shape index (κ3) is 5.44. The van der Waals surface area contributed by atoms with Crippen LogP contribution in [0.3, 0.4) is 0 Å². The van der Waals surface area contributed by atoms with E-state index >= 15 is 0 Å². The minimum atomic E-state index is -4.18. The Balaban J connectivity index is 1.94. The van der Waals surface area contributed by atoms with Crippen LogP contribution in [0.1, 0.15) is 41.0 Å². The van der Waals surface area contributed by atoms with E-state index in [-0.39, 0.29) is 23.1 Å². The topological polar surface area (TPSA) is 108 Å². The third-order valence-electron chi connectivity index (χ3n) is 6.80. The molecule has 2 heterocycles. The second kappa shape index (κ2) is 9.44. The molecule has 190 valence electrons. The molecule has 0 aromatic heterocycles. The second-order valence-corrected chi connectivity index (χ2v) is 17.4. The molecular formula is C23H36N2O7SSi. The molecular weight excluding hydrogens is 476 g/mol. The third-order valence-corrected chi connectivity index (χ3v) is 13.2. The molecule has 34 heavy (non-hydrogen) atoms. The van der Waals surface area contributed by atoms with Gasteiger partial charge in [-0.25, -0.2) is 8.42 Å². The van der Waals surface area contributed by atoms with Crippen LogP contribution in [-0.2, 0) is 23.9 Å². The SMILES string of the molecule is CC1(C)O[C@@H]([C@@H]2C=CCCN2S(=O)(=O)c2ccccc2[N+](=O)[O-])[C@H](CO[Si](C)(C)C(C)(C)C)O1. The Bertz CT molecular complexity index is 1050. The lowest BCUT2D eigenvalue weighted by Gasteiger charge is -2.39. The molecule has 0 spiro atoms. The van der Waals surface area contributed by atoms with Gasteiger partial charge in [0.05, 0.1) is 17.6 Å². The minimum absolute atomic E-state index is 0.00381. The van der Waals surface area contributed by atoms with Gasteiger partial charge in [0.25, 0.3) is 15.7 Å². The first-order valence-corrected chi connectivity index (χ1v) is 15.8. The molecule has 2 aliphatic heterocycles. The fraction of sp³-hybridized carbons (Fsp3) is 0.652. The zero-order valence-electron chi connectivity index (χ0n) is 21.0. The van der Waals surface area contributed by atoms with Gasteiger partial charge in [-0.1, -0.05) is 45.1 Å². The van der Waals surface area contributed by atoms with E-state index in [0.29, 0.717) is 6.42 Å². The van der Waals surface area contributed by atoms with Gasteiger partial charge in [-0.15, -0.1) is 0 Å². The van der Waals surface area contributed by atoms with E-state index in [1.807, 2.05) is 6.08 Å². The van der Waals surface area contributed by atoms with Crippen molar-refractivity contribution in [2.24, 2.45) is 0 Å². The summed E-state index contributed by atoms with van der Waals surface area (Å²) < 4.78 is 47.4. The first-order chi connectivity index (χ1) is 15.6. The van der Waals surface area contributed by atoms with Crippen molar-refractivity contribution in [3.63, 3.8) is 0 Å². The van der Waals surface area contributed by atoms with Gasteiger partial charge in [-0.3, -0.25) is 10.1 Å². The van der Waals surface area contributed by atoms with Crippen molar-refractivity contribution in [3.05, 3.63) is 46.5 Å². The van der Waals surface area contributed by atoms with Crippen LogP contribution in [0.25, 0.3) is 0 Å². The van der Waals surface area contributed by atoms with Crippen LogP contribution in [0.2, 0.25) is 18.1 Å². The number of sulfonamides is 1. The summed E-state index contributed by atoms with van der Waals surface area (Å²) in [5, 5.41) is 11.5. The number of para-hydroxylation sites is 1. The maximum Gasteiger partial charge on any atom is 0.289 e. The van der Waals surface area contributed by atoms with E-state index < -0.39 is 53.0 Å². The van der Waals surface area contributed by atoms with Crippen molar-refractivity contribution in [1.82, 2.24) is 4.31 Å².